The number of aromatic amines is 1. The highest BCUT2D eigenvalue weighted by molar-refractivity contribution is 5.95. The molecule has 23 heavy (non-hydrogen) atoms. The number of aromatic nitrogens is 4. The first-order valence-electron chi connectivity index (χ1n) is 7.36. The summed E-state index contributed by atoms with van der Waals surface area (Å²) >= 11 is 0. The van der Waals surface area contributed by atoms with Crippen LogP contribution in [0.5, 0.6) is 0 Å². The molecule has 0 amide bonds. The maximum absolute atomic E-state index is 12.3. The van der Waals surface area contributed by atoms with Gasteiger partial charge in [0.15, 0.2) is 5.78 Å². The second-order valence-electron chi connectivity index (χ2n) is 5.38. The van der Waals surface area contributed by atoms with Crippen LogP contribution in [0.15, 0.2) is 67.0 Å². The quantitative estimate of drug-likeness (QED) is 0.589. The van der Waals surface area contributed by atoms with Crippen molar-refractivity contribution >= 4 is 16.7 Å². The van der Waals surface area contributed by atoms with Gasteiger partial charge >= 0.3 is 0 Å². The Balaban J connectivity index is 1.59. The van der Waals surface area contributed by atoms with E-state index in [1.54, 1.807) is 10.9 Å². The minimum Gasteiger partial charge on any atom is -0.361 e. The molecular formula is C18H14N4O. The van der Waals surface area contributed by atoms with Gasteiger partial charge in [0, 0.05) is 23.5 Å². The molecular weight excluding hydrogens is 288 g/mol. The molecule has 112 valence electrons. The molecule has 5 nitrogen and oxygen atoms in total. The molecule has 0 spiro atoms. The Bertz CT molecular complexity index is 969. The first-order chi connectivity index (χ1) is 11.3. The van der Waals surface area contributed by atoms with Gasteiger partial charge in [-0.15, -0.1) is 5.10 Å². The van der Waals surface area contributed by atoms with Gasteiger partial charge in [-0.3, -0.25) is 4.79 Å². The van der Waals surface area contributed by atoms with Gasteiger partial charge in [-0.2, -0.15) is 0 Å². The number of hydrogen-bond donors (Lipinski definition) is 1. The lowest BCUT2D eigenvalue weighted by molar-refractivity contribution is 0.0988. The van der Waals surface area contributed by atoms with E-state index in [0.717, 1.165) is 22.2 Å². The van der Waals surface area contributed by atoms with Gasteiger partial charge < -0.3 is 4.98 Å². The number of benzene rings is 2. The van der Waals surface area contributed by atoms with Crippen molar-refractivity contribution in [2.45, 2.75) is 6.42 Å². The van der Waals surface area contributed by atoms with Crippen LogP contribution in [0.2, 0.25) is 0 Å². The summed E-state index contributed by atoms with van der Waals surface area (Å²) in [5, 5.41) is 9.18. The fourth-order valence-electron chi connectivity index (χ4n) is 2.57. The van der Waals surface area contributed by atoms with Gasteiger partial charge in [0.2, 0.25) is 0 Å². The number of rotatable bonds is 4. The molecule has 1 N–H and O–H groups in total. The van der Waals surface area contributed by atoms with E-state index in [9.17, 15) is 4.79 Å². The number of fused-ring (bicyclic) bond motifs is 1. The van der Waals surface area contributed by atoms with Crippen molar-refractivity contribution < 1.29 is 4.79 Å². The first-order valence-corrected chi connectivity index (χ1v) is 7.36. The van der Waals surface area contributed by atoms with Crippen molar-refractivity contribution in [3.8, 4) is 5.69 Å². The van der Waals surface area contributed by atoms with Gasteiger partial charge in [-0.05, 0) is 29.8 Å². The molecule has 4 aromatic rings. The van der Waals surface area contributed by atoms with Crippen molar-refractivity contribution in [3.63, 3.8) is 0 Å². The Morgan fingerprint density at radius 1 is 1.09 bits per heavy atom. The fraction of sp³-hybridized carbons (Fsp3) is 0.0556. The van der Waals surface area contributed by atoms with Crippen LogP contribution in [0, 0.1) is 0 Å². The minimum absolute atomic E-state index is 0.0369. The standard InChI is InChI=1S/C18H14N4O/c23-18(10-13-4-2-1-3-5-13)17-12-22(21-20-17)15-6-7-16-14(11-15)8-9-19-16/h1-9,11-12,19H,10H2. The summed E-state index contributed by atoms with van der Waals surface area (Å²) in [5.74, 6) is -0.0369. The van der Waals surface area contributed by atoms with Crippen LogP contribution >= 0.6 is 0 Å². The van der Waals surface area contributed by atoms with Crippen molar-refractivity contribution in [3.05, 3.63) is 78.2 Å². The largest absolute Gasteiger partial charge is 0.361 e. The molecule has 0 radical (unpaired) electrons. The summed E-state index contributed by atoms with van der Waals surface area (Å²) in [6, 6.07) is 17.6. The molecule has 0 saturated heterocycles. The van der Waals surface area contributed by atoms with Crippen LogP contribution in [0.25, 0.3) is 16.6 Å². The predicted octanol–water partition coefficient (Wildman–Crippen LogP) is 3.17. The lowest BCUT2D eigenvalue weighted by atomic mass is 10.1. The van der Waals surface area contributed by atoms with Crippen molar-refractivity contribution in [2.75, 3.05) is 0 Å². The Kier molecular flexibility index (Phi) is 3.24. The number of H-pyrrole nitrogens is 1. The maximum atomic E-state index is 12.3. The maximum Gasteiger partial charge on any atom is 0.189 e. The van der Waals surface area contributed by atoms with Gasteiger partial charge in [0.25, 0.3) is 0 Å². The summed E-state index contributed by atoms with van der Waals surface area (Å²) in [7, 11) is 0. The Hall–Kier alpha value is -3.21. The van der Waals surface area contributed by atoms with Gasteiger partial charge in [0.1, 0.15) is 5.69 Å². The van der Waals surface area contributed by atoms with Gasteiger partial charge in [-0.25, -0.2) is 4.68 Å². The SMILES string of the molecule is O=C(Cc1ccccc1)c1cn(-c2ccc3[nH]ccc3c2)nn1. The monoisotopic (exact) mass is 302 g/mol. The highest BCUT2D eigenvalue weighted by Gasteiger charge is 2.12. The molecule has 0 aliphatic heterocycles. The molecule has 0 atom stereocenters. The van der Waals surface area contributed by atoms with Crippen LogP contribution in [-0.4, -0.2) is 25.8 Å². The number of carbonyl (C=O) groups is 1. The molecule has 0 unspecified atom stereocenters. The zero-order valence-electron chi connectivity index (χ0n) is 12.3. The van der Waals surface area contributed by atoms with E-state index in [0.29, 0.717) is 12.1 Å². The number of nitrogens with zero attached hydrogens (tertiary/aromatic N) is 3. The fourth-order valence-corrected chi connectivity index (χ4v) is 2.57. The van der Waals surface area contributed by atoms with E-state index in [1.165, 1.54) is 0 Å². The van der Waals surface area contributed by atoms with Crippen LogP contribution in [0.3, 0.4) is 0 Å². The van der Waals surface area contributed by atoms with E-state index in [2.05, 4.69) is 15.3 Å². The van der Waals surface area contributed by atoms with Crippen molar-refractivity contribution in [2.24, 2.45) is 0 Å². The minimum atomic E-state index is -0.0369. The number of carbonyl (C=O) groups excluding carboxylic acids is 1. The Morgan fingerprint density at radius 2 is 1.96 bits per heavy atom. The van der Waals surface area contributed by atoms with E-state index >= 15 is 0 Å². The van der Waals surface area contributed by atoms with E-state index < -0.39 is 0 Å². The number of ketones is 1. The number of Topliss-reactive ketones (excluding diaryl/α,β-unsaturated/α-hetero) is 1. The highest BCUT2D eigenvalue weighted by Crippen LogP contribution is 2.17. The van der Waals surface area contributed by atoms with Gasteiger partial charge in [0.05, 0.1) is 11.9 Å². The summed E-state index contributed by atoms with van der Waals surface area (Å²) in [6.07, 6.45) is 3.90. The molecule has 0 aliphatic carbocycles. The third kappa shape index (κ3) is 2.64. The average Bonchev–Trinajstić information content (AvgIpc) is 3.24. The molecule has 4 rings (SSSR count). The van der Waals surface area contributed by atoms with E-state index in [4.69, 9.17) is 0 Å². The molecule has 2 aromatic heterocycles. The third-order valence-electron chi connectivity index (χ3n) is 3.79. The zero-order chi connectivity index (χ0) is 15.6. The van der Waals surface area contributed by atoms with E-state index in [-0.39, 0.29) is 5.78 Å². The summed E-state index contributed by atoms with van der Waals surface area (Å²) in [5.41, 5.74) is 3.29. The molecule has 2 aromatic carbocycles. The average molecular weight is 302 g/mol. The summed E-state index contributed by atoms with van der Waals surface area (Å²) in [4.78, 5) is 15.5. The van der Waals surface area contributed by atoms with Crippen LogP contribution in [-0.2, 0) is 6.42 Å². The number of hydrogen-bond acceptors (Lipinski definition) is 3. The first kappa shape index (κ1) is 13.5. The molecule has 0 bridgehead atoms. The van der Waals surface area contributed by atoms with Crippen molar-refractivity contribution in [1.29, 1.82) is 0 Å². The second kappa shape index (κ2) is 5.53. The summed E-state index contributed by atoms with van der Waals surface area (Å²) in [6.45, 7) is 0. The normalized spacial score (nSPS) is 11.0. The van der Waals surface area contributed by atoms with Crippen LogP contribution < -0.4 is 0 Å². The smallest absolute Gasteiger partial charge is 0.189 e. The highest BCUT2D eigenvalue weighted by atomic mass is 16.1. The van der Waals surface area contributed by atoms with Crippen LogP contribution in [0.4, 0.5) is 0 Å². The van der Waals surface area contributed by atoms with Crippen LogP contribution in [0.1, 0.15) is 16.1 Å². The summed E-state index contributed by atoms with van der Waals surface area (Å²) < 4.78 is 1.63. The second-order valence-corrected chi connectivity index (χ2v) is 5.38. The molecule has 0 aliphatic rings. The van der Waals surface area contributed by atoms with Crippen molar-refractivity contribution in [1.82, 2.24) is 20.0 Å². The molecule has 5 heteroatoms. The van der Waals surface area contributed by atoms with Gasteiger partial charge in [-0.1, -0.05) is 35.5 Å². The lowest BCUT2D eigenvalue weighted by Gasteiger charge is -2.00. The predicted molar refractivity (Wildman–Crippen MR) is 87.7 cm³/mol. The molecule has 0 fully saturated rings. The van der Waals surface area contributed by atoms with E-state index in [1.807, 2.05) is 60.8 Å². The Labute approximate surface area is 132 Å². The Morgan fingerprint density at radius 3 is 2.83 bits per heavy atom. The molecule has 0 saturated carbocycles. The lowest BCUT2D eigenvalue weighted by Crippen LogP contribution is -2.03. The third-order valence-corrected chi connectivity index (χ3v) is 3.79. The zero-order valence-corrected chi connectivity index (χ0v) is 12.3. The topological polar surface area (TPSA) is 63.6 Å². The molecule has 2 heterocycles. The number of nitrogens with one attached hydrogen (secondary N) is 1.